The number of hydrogen-bond acceptors (Lipinski definition) is 3. The van der Waals surface area contributed by atoms with E-state index in [9.17, 15) is 9.59 Å². The van der Waals surface area contributed by atoms with E-state index in [2.05, 4.69) is 11.6 Å². The number of carbonyl (C=O) groups excluding carboxylic acids is 1. The standard InChI is InChI=1S/C15H28N2O3S/c1-12-9-13(14(18)19)11-17(10-12)15(20)16-7-5-3-4-6-8-21-2/h12-13H,3-11H2,1-2H3,(H,16,20)(H,18,19). The summed E-state index contributed by atoms with van der Waals surface area (Å²) in [6.07, 6.45) is 7.34. The molecule has 0 bridgehead atoms. The second-order valence-corrected chi connectivity index (χ2v) is 6.91. The molecule has 0 aliphatic carbocycles. The molecule has 2 amide bonds. The number of carboxylic acids is 1. The largest absolute Gasteiger partial charge is 0.481 e. The second-order valence-electron chi connectivity index (χ2n) is 5.92. The summed E-state index contributed by atoms with van der Waals surface area (Å²) in [5, 5.41) is 12.0. The molecule has 1 aliphatic rings. The molecule has 0 aromatic rings. The highest BCUT2D eigenvalue weighted by Gasteiger charge is 2.31. The van der Waals surface area contributed by atoms with Crippen LogP contribution in [-0.2, 0) is 4.79 Å². The van der Waals surface area contributed by atoms with Gasteiger partial charge < -0.3 is 15.3 Å². The van der Waals surface area contributed by atoms with Gasteiger partial charge in [-0.25, -0.2) is 4.79 Å². The Morgan fingerprint density at radius 3 is 2.62 bits per heavy atom. The van der Waals surface area contributed by atoms with E-state index in [1.54, 1.807) is 4.90 Å². The third-order valence-electron chi connectivity index (χ3n) is 3.85. The number of hydrogen-bond donors (Lipinski definition) is 2. The number of thioether (sulfide) groups is 1. The Labute approximate surface area is 131 Å². The molecule has 0 aromatic heterocycles. The van der Waals surface area contributed by atoms with E-state index in [0.717, 1.165) is 12.8 Å². The number of likely N-dealkylation sites (tertiary alicyclic amines) is 1. The molecule has 2 unspecified atom stereocenters. The van der Waals surface area contributed by atoms with Gasteiger partial charge in [-0.05, 0) is 37.2 Å². The van der Waals surface area contributed by atoms with Crippen LogP contribution in [-0.4, -0.2) is 53.6 Å². The van der Waals surface area contributed by atoms with Crippen molar-refractivity contribution in [1.29, 1.82) is 0 Å². The van der Waals surface area contributed by atoms with Gasteiger partial charge in [0.05, 0.1) is 5.92 Å². The maximum Gasteiger partial charge on any atom is 0.317 e. The zero-order chi connectivity index (χ0) is 15.7. The first kappa shape index (κ1) is 18.1. The van der Waals surface area contributed by atoms with Crippen LogP contribution in [0.3, 0.4) is 0 Å². The van der Waals surface area contributed by atoms with Crippen molar-refractivity contribution in [3.05, 3.63) is 0 Å². The number of carbonyl (C=O) groups is 2. The van der Waals surface area contributed by atoms with Gasteiger partial charge in [0, 0.05) is 19.6 Å². The van der Waals surface area contributed by atoms with Gasteiger partial charge >= 0.3 is 12.0 Å². The second kappa shape index (κ2) is 9.92. The van der Waals surface area contributed by atoms with Crippen LogP contribution in [0.15, 0.2) is 0 Å². The number of unbranched alkanes of at least 4 members (excludes halogenated alkanes) is 3. The molecule has 1 rings (SSSR count). The maximum atomic E-state index is 12.1. The molecule has 21 heavy (non-hydrogen) atoms. The van der Waals surface area contributed by atoms with E-state index in [1.165, 1.54) is 18.6 Å². The fourth-order valence-corrected chi connectivity index (χ4v) is 3.22. The molecule has 6 heteroatoms. The highest BCUT2D eigenvalue weighted by Crippen LogP contribution is 2.21. The minimum Gasteiger partial charge on any atom is -0.481 e. The molecule has 0 spiro atoms. The maximum absolute atomic E-state index is 12.1. The molecule has 1 heterocycles. The van der Waals surface area contributed by atoms with Crippen LogP contribution >= 0.6 is 11.8 Å². The van der Waals surface area contributed by atoms with Crippen molar-refractivity contribution in [1.82, 2.24) is 10.2 Å². The molecule has 0 saturated carbocycles. The molecule has 2 atom stereocenters. The lowest BCUT2D eigenvalue weighted by Gasteiger charge is -2.34. The Morgan fingerprint density at radius 2 is 1.95 bits per heavy atom. The zero-order valence-corrected chi connectivity index (χ0v) is 14.0. The van der Waals surface area contributed by atoms with Crippen molar-refractivity contribution >= 4 is 23.8 Å². The van der Waals surface area contributed by atoms with E-state index in [4.69, 9.17) is 5.11 Å². The number of piperidine rings is 1. The van der Waals surface area contributed by atoms with Crippen LogP contribution in [0.25, 0.3) is 0 Å². The molecule has 0 aromatic carbocycles. The fraction of sp³-hybridized carbons (Fsp3) is 0.867. The normalized spacial score (nSPS) is 22.1. The van der Waals surface area contributed by atoms with Crippen molar-refractivity contribution in [2.45, 2.75) is 39.0 Å². The average Bonchev–Trinajstić information content (AvgIpc) is 2.45. The third kappa shape index (κ3) is 7.07. The minimum absolute atomic E-state index is 0.114. The van der Waals surface area contributed by atoms with E-state index < -0.39 is 11.9 Å². The van der Waals surface area contributed by atoms with Gasteiger partial charge in [0.1, 0.15) is 0 Å². The topological polar surface area (TPSA) is 69.6 Å². The average molecular weight is 316 g/mol. The van der Waals surface area contributed by atoms with E-state index in [1.807, 2.05) is 18.7 Å². The predicted molar refractivity (Wildman–Crippen MR) is 86.7 cm³/mol. The summed E-state index contributed by atoms with van der Waals surface area (Å²) >= 11 is 1.87. The molecule has 1 saturated heterocycles. The SMILES string of the molecule is CSCCCCCCNC(=O)N1CC(C)CC(C(=O)O)C1. The van der Waals surface area contributed by atoms with Gasteiger partial charge in [0.2, 0.25) is 0 Å². The monoisotopic (exact) mass is 316 g/mol. The van der Waals surface area contributed by atoms with Crippen LogP contribution in [0.1, 0.15) is 39.0 Å². The number of rotatable bonds is 8. The molecular formula is C15H28N2O3S. The van der Waals surface area contributed by atoms with Crippen LogP contribution in [0.5, 0.6) is 0 Å². The number of urea groups is 1. The van der Waals surface area contributed by atoms with Gasteiger partial charge in [0.15, 0.2) is 0 Å². The summed E-state index contributed by atoms with van der Waals surface area (Å²) in [5.74, 6) is 0.227. The smallest absolute Gasteiger partial charge is 0.317 e. The zero-order valence-electron chi connectivity index (χ0n) is 13.1. The number of carboxylic acid groups (broad SMARTS) is 1. The Morgan fingerprint density at radius 1 is 1.24 bits per heavy atom. The Bertz CT molecular complexity index is 339. The van der Waals surface area contributed by atoms with Gasteiger partial charge in [-0.1, -0.05) is 19.8 Å². The highest BCUT2D eigenvalue weighted by molar-refractivity contribution is 7.98. The van der Waals surface area contributed by atoms with Crippen molar-refractivity contribution in [2.75, 3.05) is 31.6 Å². The lowest BCUT2D eigenvalue weighted by molar-refractivity contribution is -0.143. The fourth-order valence-electron chi connectivity index (χ4n) is 2.73. The summed E-state index contributed by atoms with van der Waals surface area (Å²) in [6.45, 7) is 3.67. The first-order chi connectivity index (χ1) is 10.0. The van der Waals surface area contributed by atoms with Crippen molar-refractivity contribution in [2.24, 2.45) is 11.8 Å². The third-order valence-corrected chi connectivity index (χ3v) is 4.54. The molecule has 5 nitrogen and oxygen atoms in total. The molecule has 0 radical (unpaired) electrons. The van der Waals surface area contributed by atoms with Gasteiger partial charge in [-0.15, -0.1) is 0 Å². The quantitative estimate of drug-likeness (QED) is 0.676. The number of amides is 2. The van der Waals surface area contributed by atoms with Crippen LogP contribution in [0.2, 0.25) is 0 Å². The molecule has 2 N–H and O–H groups in total. The van der Waals surface area contributed by atoms with Gasteiger partial charge in [0.25, 0.3) is 0 Å². The summed E-state index contributed by atoms with van der Waals surface area (Å²) < 4.78 is 0. The molecule has 122 valence electrons. The van der Waals surface area contributed by atoms with E-state index in [0.29, 0.717) is 26.1 Å². The Balaban J connectivity index is 2.20. The summed E-state index contributed by atoms with van der Waals surface area (Å²) in [7, 11) is 0. The summed E-state index contributed by atoms with van der Waals surface area (Å²) in [4.78, 5) is 24.8. The molecule has 1 aliphatic heterocycles. The molecule has 1 fully saturated rings. The van der Waals surface area contributed by atoms with Crippen LogP contribution < -0.4 is 5.32 Å². The predicted octanol–water partition coefficient (Wildman–Crippen LogP) is 2.66. The van der Waals surface area contributed by atoms with Gasteiger partial charge in [-0.3, -0.25) is 4.79 Å². The first-order valence-corrected chi connectivity index (χ1v) is 9.18. The number of nitrogens with one attached hydrogen (secondary N) is 1. The minimum atomic E-state index is -0.798. The number of nitrogens with zero attached hydrogens (tertiary/aromatic N) is 1. The Hall–Kier alpha value is -0.910. The van der Waals surface area contributed by atoms with Crippen molar-refractivity contribution < 1.29 is 14.7 Å². The summed E-state index contributed by atoms with van der Waals surface area (Å²) in [6, 6.07) is -0.114. The highest BCUT2D eigenvalue weighted by atomic mass is 32.2. The van der Waals surface area contributed by atoms with Crippen LogP contribution in [0, 0.1) is 11.8 Å². The van der Waals surface area contributed by atoms with E-state index >= 15 is 0 Å². The van der Waals surface area contributed by atoms with Crippen LogP contribution in [0.4, 0.5) is 4.79 Å². The summed E-state index contributed by atoms with van der Waals surface area (Å²) in [5.41, 5.74) is 0. The molecular weight excluding hydrogens is 288 g/mol. The number of aliphatic carboxylic acids is 1. The van der Waals surface area contributed by atoms with Gasteiger partial charge in [-0.2, -0.15) is 11.8 Å². The first-order valence-electron chi connectivity index (χ1n) is 7.79. The van der Waals surface area contributed by atoms with E-state index in [-0.39, 0.29) is 11.9 Å². The van der Waals surface area contributed by atoms with Crippen molar-refractivity contribution in [3.63, 3.8) is 0 Å². The Kier molecular flexibility index (Phi) is 8.57. The lowest BCUT2D eigenvalue weighted by atomic mass is 9.91. The van der Waals surface area contributed by atoms with Crippen molar-refractivity contribution in [3.8, 4) is 0 Å². The lowest BCUT2D eigenvalue weighted by Crippen LogP contribution is -2.49.